The van der Waals surface area contributed by atoms with Crippen molar-refractivity contribution in [2.75, 3.05) is 6.26 Å². The molecule has 0 saturated heterocycles. The van der Waals surface area contributed by atoms with Crippen molar-refractivity contribution >= 4 is 26.1 Å². The van der Waals surface area contributed by atoms with Crippen LogP contribution in [0.4, 0.5) is 0 Å². The minimum Gasteiger partial charge on any atom is -0.290 e. The molecular formula is C18H14N2O2S2. The predicted molar refractivity (Wildman–Crippen MR) is 97.1 cm³/mol. The zero-order valence-electron chi connectivity index (χ0n) is 12.9. The van der Waals surface area contributed by atoms with Gasteiger partial charge < -0.3 is 0 Å². The summed E-state index contributed by atoms with van der Waals surface area (Å²) in [6.07, 6.45) is 4.95. The topological polar surface area (TPSA) is 51.4 Å². The van der Waals surface area contributed by atoms with Crippen LogP contribution in [0.3, 0.4) is 0 Å². The van der Waals surface area contributed by atoms with E-state index >= 15 is 0 Å². The van der Waals surface area contributed by atoms with Crippen molar-refractivity contribution in [2.24, 2.45) is 0 Å². The summed E-state index contributed by atoms with van der Waals surface area (Å²) < 4.78 is 25.4. The number of benzene rings is 2. The molecule has 4 nitrogen and oxygen atoms in total. The van der Waals surface area contributed by atoms with Crippen molar-refractivity contribution in [2.45, 2.75) is 4.90 Å². The SMILES string of the molecule is CS(=O)(=O)c1ccc(-c2sc3nccn3c2-c2ccccc2)cc1. The van der Waals surface area contributed by atoms with Crippen LogP contribution in [0.25, 0.3) is 26.7 Å². The van der Waals surface area contributed by atoms with Crippen molar-refractivity contribution in [1.82, 2.24) is 9.38 Å². The number of aromatic nitrogens is 2. The van der Waals surface area contributed by atoms with Crippen LogP contribution < -0.4 is 0 Å². The van der Waals surface area contributed by atoms with E-state index in [1.54, 1.807) is 29.7 Å². The Balaban J connectivity index is 1.93. The van der Waals surface area contributed by atoms with Crippen molar-refractivity contribution in [3.8, 4) is 21.7 Å². The van der Waals surface area contributed by atoms with Crippen LogP contribution in [-0.4, -0.2) is 24.1 Å². The van der Waals surface area contributed by atoms with E-state index in [9.17, 15) is 8.42 Å². The zero-order chi connectivity index (χ0) is 16.7. The van der Waals surface area contributed by atoms with Gasteiger partial charge in [0.15, 0.2) is 14.8 Å². The number of imidazole rings is 1. The van der Waals surface area contributed by atoms with Gasteiger partial charge in [0.25, 0.3) is 0 Å². The molecular weight excluding hydrogens is 340 g/mol. The molecule has 2 heterocycles. The van der Waals surface area contributed by atoms with Crippen LogP contribution in [0, 0.1) is 0 Å². The first-order chi connectivity index (χ1) is 11.5. The van der Waals surface area contributed by atoms with Crippen LogP contribution >= 0.6 is 11.3 Å². The van der Waals surface area contributed by atoms with E-state index in [0.29, 0.717) is 4.90 Å². The number of rotatable bonds is 3. The molecule has 2 aromatic heterocycles. The summed E-state index contributed by atoms with van der Waals surface area (Å²) >= 11 is 1.59. The average Bonchev–Trinajstić information content (AvgIpc) is 3.15. The van der Waals surface area contributed by atoms with Gasteiger partial charge >= 0.3 is 0 Å². The lowest BCUT2D eigenvalue weighted by Gasteiger charge is -2.06. The Morgan fingerprint density at radius 1 is 0.958 bits per heavy atom. The van der Waals surface area contributed by atoms with Crippen LogP contribution in [0.5, 0.6) is 0 Å². The molecule has 0 spiro atoms. The molecule has 0 aliphatic rings. The van der Waals surface area contributed by atoms with E-state index < -0.39 is 9.84 Å². The summed E-state index contributed by atoms with van der Waals surface area (Å²) in [4.78, 5) is 6.71. The molecule has 24 heavy (non-hydrogen) atoms. The highest BCUT2D eigenvalue weighted by Gasteiger charge is 2.16. The predicted octanol–water partition coefficient (Wildman–Crippen LogP) is 4.13. The molecule has 4 aromatic rings. The normalized spacial score (nSPS) is 11.9. The number of hydrogen-bond acceptors (Lipinski definition) is 4. The lowest BCUT2D eigenvalue weighted by molar-refractivity contribution is 0.602. The van der Waals surface area contributed by atoms with E-state index in [1.807, 2.05) is 36.5 Å². The van der Waals surface area contributed by atoms with Gasteiger partial charge in [-0.05, 0) is 17.7 Å². The van der Waals surface area contributed by atoms with Crippen molar-refractivity contribution in [3.05, 3.63) is 67.0 Å². The molecule has 4 rings (SSSR count). The lowest BCUT2D eigenvalue weighted by Crippen LogP contribution is -1.96. The Hall–Kier alpha value is -2.44. The number of hydrogen-bond donors (Lipinski definition) is 0. The second-order valence-electron chi connectivity index (χ2n) is 5.52. The van der Waals surface area contributed by atoms with Gasteiger partial charge in [0.05, 0.1) is 15.5 Å². The molecule has 120 valence electrons. The highest BCUT2D eigenvalue weighted by atomic mass is 32.2. The van der Waals surface area contributed by atoms with Crippen LogP contribution in [0.15, 0.2) is 71.9 Å². The molecule has 0 unspecified atom stereocenters. The van der Waals surface area contributed by atoms with Crippen molar-refractivity contribution < 1.29 is 8.42 Å². The van der Waals surface area contributed by atoms with E-state index in [4.69, 9.17) is 0 Å². The van der Waals surface area contributed by atoms with E-state index in [0.717, 1.165) is 26.7 Å². The summed E-state index contributed by atoms with van der Waals surface area (Å²) in [6, 6.07) is 17.2. The van der Waals surface area contributed by atoms with Crippen LogP contribution in [0.2, 0.25) is 0 Å². The van der Waals surface area contributed by atoms with Crippen molar-refractivity contribution in [3.63, 3.8) is 0 Å². The summed E-state index contributed by atoms with van der Waals surface area (Å²) in [6.45, 7) is 0. The van der Waals surface area contributed by atoms with Gasteiger partial charge in [0.1, 0.15) is 0 Å². The number of sulfone groups is 1. The standard InChI is InChI=1S/C18H14N2O2S2/c1-24(21,22)15-9-7-14(8-10-15)17-16(13-5-3-2-4-6-13)20-12-11-19-18(20)23-17/h2-12H,1H3. The largest absolute Gasteiger partial charge is 0.290 e. The van der Waals surface area contributed by atoms with Crippen molar-refractivity contribution in [1.29, 1.82) is 0 Å². The summed E-state index contributed by atoms with van der Waals surface area (Å²) in [5.74, 6) is 0. The fourth-order valence-corrected chi connectivity index (χ4v) is 4.44. The van der Waals surface area contributed by atoms with Gasteiger partial charge in [-0.25, -0.2) is 13.4 Å². The molecule has 0 radical (unpaired) electrons. The zero-order valence-corrected chi connectivity index (χ0v) is 14.5. The molecule has 0 N–H and O–H groups in total. The second-order valence-corrected chi connectivity index (χ2v) is 8.52. The van der Waals surface area contributed by atoms with E-state index in [2.05, 4.69) is 21.5 Å². The Kier molecular flexibility index (Phi) is 3.51. The first kappa shape index (κ1) is 15.1. The third kappa shape index (κ3) is 2.53. The van der Waals surface area contributed by atoms with Gasteiger partial charge in [-0.2, -0.15) is 0 Å². The Bertz CT molecular complexity index is 1110. The average molecular weight is 354 g/mol. The smallest absolute Gasteiger partial charge is 0.194 e. The molecule has 0 atom stereocenters. The summed E-state index contributed by atoms with van der Waals surface area (Å²) in [7, 11) is -3.19. The minimum atomic E-state index is -3.19. The van der Waals surface area contributed by atoms with Gasteiger partial charge in [0.2, 0.25) is 0 Å². The second kappa shape index (κ2) is 5.58. The number of thiazole rings is 1. The monoisotopic (exact) mass is 354 g/mol. The maximum absolute atomic E-state index is 11.7. The first-order valence-electron chi connectivity index (χ1n) is 7.36. The molecule has 0 fully saturated rings. The third-order valence-electron chi connectivity index (χ3n) is 3.85. The Morgan fingerprint density at radius 2 is 1.67 bits per heavy atom. The first-order valence-corrected chi connectivity index (χ1v) is 10.1. The van der Waals surface area contributed by atoms with Gasteiger partial charge in [0, 0.05) is 24.2 Å². The van der Waals surface area contributed by atoms with Crippen LogP contribution in [0.1, 0.15) is 0 Å². The maximum atomic E-state index is 11.7. The molecule has 2 aromatic carbocycles. The molecule has 0 bridgehead atoms. The Labute approximate surface area is 144 Å². The summed E-state index contributed by atoms with van der Waals surface area (Å²) in [5, 5.41) is 0. The van der Waals surface area contributed by atoms with E-state index in [-0.39, 0.29) is 0 Å². The van der Waals surface area contributed by atoms with Gasteiger partial charge in [-0.1, -0.05) is 53.8 Å². The fourth-order valence-electron chi connectivity index (χ4n) is 2.70. The molecule has 0 aliphatic heterocycles. The van der Waals surface area contributed by atoms with E-state index in [1.165, 1.54) is 6.26 Å². The highest BCUT2D eigenvalue weighted by molar-refractivity contribution is 7.90. The molecule has 0 amide bonds. The molecule has 0 aliphatic carbocycles. The van der Waals surface area contributed by atoms with Gasteiger partial charge in [-0.15, -0.1) is 0 Å². The fraction of sp³-hybridized carbons (Fsp3) is 0.0556. The Morgan fingerprint density at radius 3 is 2.33 bits per heavy atom. The third-order valence-corrected chi connectivity index (χ3v) is 6.09. The number of fused-ring (bicyclic) bond motifs is 1. The summed E-state index contributed by atoms with van der Waals surface area (Å²) in [5.41, 5.74) is 3.15. The lowest BCUT2D eigenvalue weighted by atomic mass is 10.1. The van der Waals surface area contributed by atoms with Crippen LogP contribution in [-0.2, 0) is 9.84 Å². The highest BCUT2D eigenvalue weighted by Crippen LogP contribution is 2.39. The minimum absolute atomic E-state index is 0.328. The molecule has 0 saturated carbocycles. The maximum Gasteiger partial charge on any atom is 0.194 e. The van der Waals surface area contributed by atoms with Gasteiger partial charge in [-0.3, -0.25) is 4.40 Å². The molecule has 6 heteroatoms. The quantitative estimate of drug-likeness (QED) is 0.556. The number of nitrogens with zero attached hydrogens (tertiary/aromatic N) is 2.